The van der Waals surface area contributed by atoms with Crippen LogP contribution in [0, 0.1) is 17.9 Å². The third kappa shape index (κ3) is 4.46. The first kappa shape index (κ1) is 14.0. The Morgan fingerprint density at radius 2 is 1.64 bits per heavy atom. The molecule has 0 radical (unpaired) electrons. The summed E-state index contributed by atoms with van der Waals surface area (Å²) in [6.07, 6.45) is 3.17. The Kier molecular flexibility index (Phi) is 6.44. The summed E-state index contributed by atoms with van der Waals surface area (Å²) in [4.78, 5) is 4.72. The SMILES string of the molecule is C[C-]=C(C)C(=N[C](=[W])C(C)C)C(C)C. The van der Waals surface area contributed by atoms with Crippen molar-refractivity contribution in [1.82, 2.24) is 0 Å². The Balaban J connectivity index is 4.93. The third-order valence-electron chi connectivity index (χ3n) is 2.03. The number of nitrogens with zero attached hydrogens (tertiary/aromatic N) is 1. The van der Waals surface area contributed by atoms with Gasteiger partial charge in [0.25, 0.3) is 0 Å². The number of hydrogen-bond donors (Lipinski definition) is 0. The van der Waals surface area contributed by atoms with E-state index in [0.29, 0.717) is 11.8 Å². The van der Waals surface area contributed by atoms with Gasteiger partial charge in [-0.1, -0.05) is 0 Å². The fourth-order valence-electron chi connectivity index (χ4n) is 1.02. The van der Waals surface area contributed by atoms with Gasteiger partial charge in [0.05, 0.1) is 0 Å². The van der Waals surface area contributed by atoms with E-state index in [9.17, 15) is 0 Å². The molecule has 0 aliphatic rings. The van der Waals surface area contributed by atoms with E-state index in [4.69, 9.17) is 4.99 Å². The van der Waals surface area contributed by atoms with Gasteiger partial charge in [0.2, 0.25) is 0 Å². The van der Waals surface area contributed by atoms with Crippen LogP contribution in [0.3, 0.4) is 0 Å². The molecule has 0 unspecified atom stereocenters. The molecule has 0 atom stereocenters. The quantitative estimate of drug-likeness (QED) is 0.538. The summed E-state index contributed by atoms with van der Waals surface area (Å²) in [5, 5.41) is 0. The van der Waals surface area contributed by atoms with Crippen molar-refractivity contribution in [3.8, 4) is 0 Å². The Morgan fingerprint density at radius 3 is 1.93 bits per heavy atom. The van der Waals surface area contributed by atoms with Crippen LogP contribution in [-0.2, 0) is 19.4 Å². The van der Waals surface area contributed by atoms with Crippen LogP contribution in [0.4, 0.5) is 0 Å². The molecule has 80 valence electrons. The minimum atomic E-state index is 0.482. The molecule has 0 aliphatic carbocycles. The maximum absolute atomic E-state index is 4.72. The first-order valence-corrected chi connectivity index (χ1v) is 6.50. The monoisotopic (exact) mass is 362 g/mol. The molecule has 0 heterocycles. The molecule has 1 nitrogen and oxygen atoms in total. The third-order valence-corrected chi connectivity index (χ3v) is 4.05. The molecule has 0 rings (SSSR count). The molecule has 0 spiro atoms. The Bertz CT molecular complexity index is 259. The van der Waals surface area contributed by atoms with Gasteiger partial charge < -0.3 is 0 Å². The van der Waals surface area contributed by atoms with Crippen molar-refractivity contribution in [1.29, 1.82) is 0 Å². The van der Waals surface area contributed by atoms with Crippen molar-refractivity contribution in [2.45, 2.75) is 41.5 Å². The number of rotatable bonds is 4. The maximum atomic E-state index is 4.72. The van der Waals surface area contributed by atoms with E-state index in [0.717, 1.165) is 0 Å². The summed E-state index contributed by atoms with van der Waals surface area (Å²) in [6.45, 7) is 12.8. The van der Waals surface area contributed by atoms with E-state index in [-0.39, 0.29) is 0 Å². The van der Waals surface area contributed by atoms with Crippen LogP contribution in [0.25, 0.3) is 0 Å². The van der Waals surface area contributed by atoms with Gasteiger partial charge in [-0.3, -0.25) is 0 Å². The molecule has 0 aromatic rings. The normalized spacial score (nSPS) is 14.0. The van der Waals surface area contributed by atoms with Gasteiger partial charge in [0.15, 0.2) is 0 Å². The standard InChI is InChI=1S/C12H20N.W/c1-7-11(6)12(10(4)5)13-8-9(2)3;/h9-10H,1-6H3;/q-1;. The zero-order valence-electron chi connectivity index (χ0n) is 10.0. The van der Waals surface area contributed by atoms with E-state index in [1.165, 1.54) is 34.7 Å². The fourth-order valence-corrected chi connectivity index (χ4v) is 1.38. The summed E-state index contributed by atoms with van der Waals surface area (Å²) in [5.74, 6) is 1.04. The first-order valence-electron chi connectivity index (χ1n) is 5.04. The van der Waals surface area contributed by atoms with Gasteiger partial charge in [-0.25, -0.2) is 0 Å². The van der Waals surface area contributed by atoms with E-state index in [1.807, 2.05) is 6.92 Å². The molecular weight excluding hydrogens is 342 g/mol. The van der Waals surface area contributed by atoms with Crippen LogP contribution < -0.4 is 0 Å². The van der Waals surface area contributed by atoms with Crippen LogP contribution >= 0.6 is 0 Å². The zero-order chi connectivity index (χ0) is 11.3. The van der Waals surface area contributed by atoms with Crippen molar-refractivity contribution in [2.24, 2.45) is 16.8 Å². The molecule has 0 saturated carbocycles. The van der Waals surface area contributed by atoms with E-state index in [2.05, 4.69) is 40.7 Å². The molecular formula is C12H20NW-. The van der Waals surface area contributed by atoms with E-state index >= 15 is 0 Å². The van der Waals surface area contributed by atoms with Crippen molar-refractivity contribution in [2.75, 3.05) is 0 Å². The molecule has 0 aromatic carbocycles. The Labute approximate surface area is 99.1 Å². The molecule has 0 saturated heterocycles. The Morgan fingerprint density at radius 1 is 1.14 bits per heavy atom. The summed E-state index contributed by atoms with van der Waals surface area (Å²) in [6, 6.07) is 0. The van der Waals surface area contributed by atoms with Crippen LogP contribution in [0.15, 0.2) is 10.6 Å². The van der Waals surface area contributed by atoms with Crippen LogP contribution in [-0.4, -0.2) is 9.73 Å². The summed E-state index contributed by atoms with van der Waals surface area (Å²) in [7, 11) is 0. The van der Waals surface area contributed by atoms with Gasteiger partial charge in [-0.2, -0.15) is 0 Å². The summed E-state index contributed by atoms with van der Waals surface area (Å²) < 4.78 is 1.28. The topological polar surface area (TPSA) is 12.4 Å². The van der Waals surface area contributed by atoms with Gasteiger partial charge >= 0.3 is 99.1 Å². The molecule has 0 N–H and O–H groups in total. The van der Waals surface area contributed by atoms with Gasteiger partial charge in [0, 0.05) is 0 Å². The van der Waals surface area contributed by atoms with Crippen molar-refractivity contribution in [3.05, 3.63) is 11.6 Å². The molecule has 0 aliphatic heterocycles. The average molecular weight is 362 g/mol. The number of aliphatic imine (C=N–C) groups is 1. The van der Waals surface area contributed by atoms with Crippen LogP contribution in [0.2, 0.25) is 0 Å². The van der Waals surface area contributed by atoms with Gasteiger partial charge in [-0.05, 0) is 0 Å². The van der Waals surface area contributed by atoms with E-state index < -0.39 is 0 Å². The summed E-state index contributed by atoms with van der Waals surface area (Å²) in [5.41, 5.74) is 2.37. The number of hydrogen-bond acceptors (Lipinski definition) is 1. The minimum absolute atomic E-state index is 0.482. The predicted molar refractivity (Wildman–Crippen MR) is 60.2 cm³/mol. The second kappa shape index (κ2) is 6.45. The fraction of sp³-hybridized carbons (Fsp3) is 0.667. The average Bonchev–Trinajstić information content (AvgIpc) is 2.11. The van der Waals surface area contributed by atoms with Crippen LogP contribution in [0.1, 0.15) is 41.5 Å². The Hall–Kier alpha value is -0.0317. The molecule has 0 amide bonds. The second-order valence-electron chi connectivity index (χ2n) is 4.02. The van der Waals surface area contributed by atoms with Crippen LogP contribution in [0.5, 0.6) is 0 Å². The molecule has 0 fully saturated rings. The van der Waals surface area contributed by atoms with Crippen molar-refractivity contribution < 1.29 is 19.4 Å². The summed E-state index contributed by atoms with van der Waals surface area (Å²) >= 11 is 1.47. The van der Waals surface area contributed by atoms with Gasteiger partial charge in [-0.15, -0.1) is 0 Å². The van der Waals surface area contributed by atoms with E-state index in [1.54, 1.807) is 0 Å². The predicted octanol–water partition coefficient (Wildman–Crippen LogP) is 3.19. The molecule has 14 heavy (non-hydrogen) atoms. The van der Waals surface area contributed by atoms with Gasteiger partial charge in [0.1, 0.15) is 0 Å². The molecule has 0 aromatic heterocycles. The van der Waals surface area contributed by atoms with Crippen molar-refractivity contribution >= 4 is 9.73 Å². The molecule has 0 bridgehead atoms. The second-order valence-corrected chi connectivity index (χ2v) is 5.52. The first-order chi connectivity index (χ1) is 6.40. The van der Waals surface area contributed by atoms with Crippen molar-refractivity contribution in [3.63, 3.8) is 0 Å². The molecule has 2 heteroatoms. The zero-order valence-corrected chi connectivity index (χ0v) is 12.9. The number of allylic oxidation sites excluding steroid dienone is 2.